The number of benzene rings is 3. The number of nitrogens with one attached hydrogen (secondary N) is 1. The fraction of sp³-hybridized carbons (Fsp3) is 0.344. The van der Waals surface area contributed by atoms with Crippen LogP contribution < -0.4 is 5.32 Å². The number of carbonyl (C=O) groups excluding carboxylic acids is 3. The zero-order valence-corrected chi connectivity index (χ0v) is 24.1. The average Bonchev–Trinajstić information content (AvgIpc) is 3.19. The molecule has 0 spiro atoms. The van der Waals surface area contributed by atoms with E-state index in [1.165, 1.54) is 29.2 Å². The van der Waals surface area contributed by atoms with E-state index in [9.17, 15) is 27.2 Å². The quantitative estimate of drug-likeness (QED) is 0.375. The van der Waals surface area contributed by atoms with Gasteiger partial charge in [0.1, 0.15) is 16.8 Å². The van der Waals surface area contributed by atoms with Crippen molar-refractivity contribution in [2.75, 3.05) is 6.54 Å². The smallest absolute Gasteiger partial charge is 0.269 e. The van der Waals surface area contributed by atoms with E-state index in [2.05, 4.69) is 5.32 Å². The van der Waals surface area contributed by atoms with Crippen LogP contribution in [-0.2, 0) is 32.6 Å². The predicted molar refractivity (Wildman–Crippen MR) is 155 cm³/mol. The van der Waals surface area contributed by atoms with Crippen LogP contribution in [0, 0.1) is 5.82 Å². The van der Waals surface area contributed by atoms with Crippen molar-refractivity contribution in [1.29, 1.82) is 0 Å². The Morgan fingerprint density at radius 1 is 0.929 bits per heavy atom. The lowest BCUT2D eigenvalue weighted by molar-refractivity contribution is -0.141. The van der Waals surface area contributed by atoms with E-state index in [-0.39, 0.29) is 47.4 Å². The van der Waals surface area contributed by atoms with Crippen LogP contribution in [0.1, 0.15) is 60.0 Å². The third-order valence-electron chi connectivity index (χ3n) is 7.96. The van der Waals surface area contributed by atoms with Gasteiger partial charge in [-0.25, -0.2) is 17.1 Å². The lowest BCUT2D eigenvalue weighted by atomic mass is 9.94. The van der Waals surface area contributed by atoms with Gasteiger partial charge in [0.2, 0.25) is 11.8 Å². The number of hydrogen-bond acceptors (Lipinski definition) is 5. The van der Waals surface area contributed by atoms with Gasteiger partial charge in [0.25, 0.3) is 15.9 Å². The maximum atomic E-state index is 14.8. The number of halogens is 1. The van der Waals surface area contributed by atoms with Gasteiger partial charge in [-0.2, -0.15) is 0 Å². The number of sulfonamides is 1. The summed E-state index contributed by atoms with van der Waals surface area (Å²) in [5.74, 6) is -2.12. The summed E-state index contributed by atoms with van der Waals surface area (Å²) in [6.45, 7) is -0.591. The molecule has 1 heterocycles. The number of hydrogen-bond donors (Lipinski definition) is 1. The maximum absolute atomic E-state index is 14.8. The molecular formula is C32H34FN3O5S. The maximum Gasteiger partial charge on any atom is 0.269 e. The molecule has 3 aromatic rings. The van der Waals surface area contributed by atoms with Crippen molar-refractivity contribution >= 4 is 27.7 Å². The minimum absolute atomic E-state index is 0.0131. The lowest BCUT2D eigenvalue weighted by Crippen LogP contribution is -2.53. The van der Waals surface area contributed by atoms with Gasteiger partial charge < -0.3 is 10.2 Å². The standard InChI is InChI=1S/C32H34FN3O5S/c33-27-17-9-7-13-24(27)22-35(30(37)19-20-36-32(39)26-16-8-10-18-29(26)42(36,40)41)28(21-23-11-3-1-4-12-23)31(38)34-25-14-5-2-6-15-25/h1,3-4,7-13,16-18,25,28H,2,5-6,14-15,19-22H2,(H,34,38)/t28-/m0/s1. The molecule has 3 aromatic carbocycles. The highest BCUT2D eigenvalue weighted by atomic mass is 32.2. The Morgan fingerprint density at radius 3 is 2.31 bits per heavy atom. The van der Waals surface area contributed by atoms with E-state index < -0.39 is 40.2 Å². The van der Waals surface area contributed by atoms with E-state index in [0.29, 0.717) is 4.31 Å². The van der Waals surface area contributed by atoms with E-state index in [1.54, 1.807) is 24.3 Å². The largest absolute Gasteiger partial charge is 0.352 e. The van der Waals surface area contributed by atoms with Crippen molar-refractivity contribution in [3.8, 4) is 0 Å². The minimum Gasteiger partial charge on any atom is -0.352 e. The Balaban J connectivity index is 1.43. The highest BCUT2D eigenvalue weighted by molar-refractivity contribution is 7.90. The summed E-state index contributed by atoms with van der Waals surface area (Å²) in [7, 11) is -4.11. The van der Waals surface area contributed by atoms with Crippen molar-refractivity contribution in [2.24, 2.45) is 0 Å². The molecule has 1 aliphatic carbocycles. The Morgan fingerprint density at radius 2 is 1.60 bits per heavy atom. The third-order valence-corrected chi connectivity index (χ3v) is 9.80. The Hall–Kier alpha value is -4.05. The predicted octanol–water partition coefficient (Wildman–Crippen LogP) is 4.45. The van der Waals surface area contributed by atoms with Crippen LogP contribution in [0.3, 0.4) is 0 Å². The Labute approximate surface area is 245 Å². The van der Waals surface area contributed by atoms with Gasteiger partial charge in [0.05, 0.1) is 5.56 Å². The molecule has 0 bridgehead atoms. The minimum atomic E-state index is -4.11. The number of fused-ring (bicyclic) bond motifs is 1. The Bertz CT molecular complexity index is 1560. The third kappa shape index (κ3) is 6.38. The van der Waals surface area contributed by atoms with E-state index >= 15 is 0 Å². The first-order valence-corrected chi connectivity index (χ1v) is 15.7. The molecule has 0 saturated heterocycles. The average molecular weight is 592 g/mol. The summed E-state index contributed by atoms with van der Waals surface area (Å²) in [6, 6.07) is 20.2. The molecule has 5 rings (SSSR count). The zero-order valence-electron chi connectivity index (χ0n) is 23.2. The summed E-state index contributed by atoms with van der Waals surface area (Å²) in [5.41, 5.74) is 1.11. The normalized spacial score (nSPS) is 17.0. The van der Waals surface area contributed by atoms with Crippen molar-refractivity contribution in [1.82, 2.24) is 14.5 Å². The zero-order chi connectivity index (χ0) is 29.7. The molecule has 1 aliphatic heterocycles. The molecular weight excluding hydrogens is 557 g/mol. The first-order chi connectivity index (χ1) is 20.3. The second kappa shape index (κ2) is 12.9. The van der Waals surface area contributed by atoms with Gasteiger partial charge in [0.15, 0.2) is 0 Å². The number of carbonyl (C=O) groups is 3. The van der Waals surface area contributed by atoms with Gasteiger partial charge in [-0.05, 0) is 36.6 Å². The second-order valence-electron chi connectivity index (χ2n) is 10.8. The van der Waals surface area contributed by atoms with Gasteiger partial charge >= 0.3 is 0 Å². The molecule has 2 aliphatic rings. The van der Waals surface area contributed by atoms with Crippen molar-refractivity contribution in [2.45, 2.75) is 68.5 Å². The fourth-order valence-corrected chi connectivity index (χ4v) is 7.27. The summed E-state index contributed by atoms with van der Waals surface area (Å²) in [6.07, 6.45) is 4.64. The second-order valence-corrected chi connectivity index (χ2v) is 12.6. The van der Waals surface area contributed by atoms with Crippen molar-refractivity contribution in [3.05, 3.63) is 101 Å². The van der Waals surface area contributed by atoms with Crippen LogP contribution in [0.25, 0.3) is 0 Å². The highest BCUT2D eigenvalue weighted by Gasteiger charge is 2.41. The fourth-order valence-electron chi connectivity index (χ4n) is 5.70. The van der Waals surface area contributed by atoms with Gasteiger partial charge in [-0.1, -0.05) is 79.9 Å². The SMILES string of the molecule is O=C(NC1CCCCC1)[C@H](Cc1ccccc1)N(Cc1ccccc1F)C(=O)CCN1C(=O)c2ccccc2S1(=O)=O. The van der Waals surface area contributed by atoms with Crippen LogP contribution in [-0.4, -0.2) is 54.0 Å². The molecule has 1 saturated carbocycles. The number of amides is 3. The molecule has 10 heteroatoms. The van der Waals surface area contributed by atoms with Crippen LogP contribution in [0.4, 0.5) is 4.39 Å². The van der Waals surface area contributed by atoms with Crippen LogP contribution in [0.5, 0.6) is 0 Å². The molecule has 1 fully saturated rings. The van der Waals surface area contributed by atoms with E-state index in [0.717, 1.165) is 37.7 Å². The summed E-state index contributed by atoms with van der Waals surface area (Å²) in [5, 5.41) is 3.12. The molecule has 0 unspecified atom stereocenters. The highest BCUT2D eigenvalue weighted by Crippen LogP contribution is 2.30. The molecule has 0 aromatic heterocycles. The first-order valence-electron chi connectivity index (χ1n) is 14.3. The summed E-state index contributed by atoms with van der Waals surface area (Å²) in [4.78, 5) is 41.9. The van der Waals surface area contributed by atoms with Crippen LogP contribution in [0.15, 0.2) is 83.8 Å². The van der Waals surface area contributed by atoms with E-state index in [1.807, 2.05) is 30.3 Å². The summed E-state index contributed by atoms with van der Waals surface area (Å²) < 4.78 is 41.7. The van der Waals surface area contributed by atoms with Gasteiger partial charge in [-0.15, -0.1) is 0 Å². The molecule has 220 valence electrons. The number of nitrogens with zero attached hydrogens (tertiary/aromatic N) is 2. The molecule has 0 radical (unpaired) electrons. The van der Waals surface area contributed by atoms with Crippen molar-refractivity contribution in [3.63, 3.8) is 0 Å². The lowest BCUT2D eigenvalue weighted by Gasteiger charge is -2.34. The number of rotatable bonds is 10. The monoisotopic (exact) mass is 591 g/mol. The van der Waals surface area contributed by atoms with Crippen LogP contribution in [0.2, 0.25) is 0 Å². The molecule has 1 atom stereocenters. The van der Waals surface area contributed by atoms with E-state index in [4.69, 9.17) is 0 Å². The topological polar surface area (TPSA) is 104 Å². The van der Waals surface area contributed by atoms with Gasteiger partial charge in [0, 0.05) is 37.5 Å². The summed E-state index contributed by atoms with van der Waals surface area (Å²) >= 11 is 0. The first kappa shape index (κ1) is 29.4. The van der Waals surface area contributed by atoms with Gasteiger partial charge in [-0.3, -0.25) is 14.4 Å². The molecule has 3 amide bonds. The molecule has 8 nitrogen and oxygen atoms in total. The Kier molecular flexibility index (Phi) is 9.01. The van der Waals surface area contributed by atoms with Crippen LogP contribution >= 0.6 is 0 Å². The molecule has 1 N–H and O–H groups in total. The van der Waals surface area contributed by atoms with Crippen molar-refractivity contribution < 1.29 is 27.2 Å². The molecule has 42 heavy (non-hydrogen) atoms.